The van der Waals surface area contributed by atoms with Crippen molar-refractivity contribution in [3.8, 4) is 5.75 Å². The average molecular weight is 333 g/mol. The fourth-order valence-electron chi connectivity index (χ4n) is 2.76. The molecule has 0 fully saturated rings. The van der Waals surface area contributed by atoms with Gasteiger partial charge in [-0.3, -0.25) is 14.5 Å². The molecule has 0 aromatic heterocycles. The topological polar surface area (TPSA) is 61.9 Å². The van der Waals surface area contributed by atoms with Crippen molar-refractivity contribution in [1.29, 1.82) is 0 Å². The number of hydrogen-bond acceptors (Lipinski definition) is 4. The zero-order valence-electron chi connectivity index (χ0n) is 14.8. The normalized spacial score (nSPS) is 13.7. The van der Waals surface area contributed by atoms with Crippen molar-refractivity contribution in [3.63, 3.8) is 0 Å². The molecule has 1 aromatic rings. The van der Waals surface area contributed by atoms with Crippen LogP contribution in [0, 0.1) is 6.92 Å². The lowest BCUT2D eigenvalue weighted by molar-refractivity contribution is -0.125. The number of nitrogens with one attached hydrogen (secondary N) is 1. The summed E-state index contributed by atoms with van der Waals surface area (Å²) in [6.45, 7) is 9.84. The zero-order chi connectivity index (χ0) is 17.5. The van der Waals surface area contributed by atoms with Crippen molar-refractivity contribution in [1.82, 2.24) is 10.2 Å². The smallest absolute Gasteiger partial charge is 0.265 e. The Kier molecular flexibility index (Phi) is 6.61. The van der Waals surface area contributed by atoms with Crippen LogP contribution < -0.4 is 15.0 Å². The van der Waals surface area contributed by atoms with E-state index in [-0.39, 0.29) is 25.0 Å². The van der Waals surface area contributed by atoms with Gasteiger partial charge in [0, 0.05) is 6.54 Å². The molecule has 0 atom stereocenters. The van der Waals surface area contributed by atoms with E-state index < -0.39 is 0 Å². The van der Waals surface area contributed by atoms with Gasteiger partial charge in [0.1, 0.15) is 12.3 Å². The number of hydrogen-bond donors (Lipinski definition) is 1. The van der Waals surface area contributed by atoms with Crippen LogP contribution >= 0.6 is 0 Å². The molecule has 0 spiro atoms. The minimum absolute atomic E-state index is 0.0225. The lowest BCUT2D eigenvalue weighted by Gasteiger charge is -2.29. The Bertz CT molecular complexity index is 585. The van der Waals surface area contributed by atoms with Crippen molar-refractivity contribution in [2.24, 2.45) is 0 Å². The molecule has 6 nitrogen and oxygen atoms in total. The summed E-state index contributed by atoms with van der Waals surface area (Å²) in [5.41, 5.74) is 1.70. The third kappa shape index (κ3) is 4.71. The standard InChI is InChI=1S/C18H27N3O3/c1-4-20(5-2)10-6-9-19-17(22)12-21-15-11-14(3)7-8-16(15)24-13-18(21)23/h7-8,11H,4-6,9-10,12-13H2,1-3H3,(H,19,22). The van der Waals surface area contributed by atoms with Gasteiger partial charge in [0.05, 0.1) is 5.69 Å². The molecule has 1 heterocycles. The molecule has 2 rings (SSSR count). The van der Waals surface area contributed by atoms with Crippen molar-refractivity contribution >= 4 is 17.5 Å². The number of anilines is 1. The molecule has 0 saturated carbocycles. The Balaban J connectivity index is 1.87. The van der Waals surface area contributed by atoms with Crippen molar-refractivity contribution in [2.45, 2.75) is 27.2 Å². The van der Waals surface area contributed by atoms with E-state index in [1.165, 1.54) is 4.90 Å². The van der Waals surface area contributed by atoms with Gasteiger partial charge in [-0.15, -0.1) is 0 Å². The van der Waals surface area contributed by atoms with Gasteiger partial charge in [0.15, 0.2) is 6.61 Å². The maximum atomic E-state index is 12.2. The fourth-order valence-corrected chi connectivity index (χ4v) is 2.76. The largest absolute Gasteiger partial charge is 0.482 e. The number of benzene rings is 1. The number of amides is 2. The van der Waals surface area contributed by atoms with E-state index in [1.807, 2.05) is 25.1 Å². The van der Waals surface area contributed by atoms with E-state index in [1.54, 1.807) is 0 Å². The predicted octanol–water partition coefficient (Wildman–Crippen LogP) is 1.57. The minimum Gasteiger partial charge on any atom is -0.482 e. The van der Waals surface area contributed by atoms with E-state index in [2.05, 4.69) is 24.1 Å². The highest BCUT2D eigenvalue weighted by Crippen LogP contribution is 2.32. The zero-order valence-corrected chi connectivity index (χ0v) is 14.8. The number of rotatable bonds is 8. The number of ether oxygens (including phenoxy) is 1. The van der Waals surface area contributed by atoms with Crippen LogP contribution in [0.1, 0.15) is 25.8 Å². The molecule has 1 aliphatic rings. The summed E-state index contributed by atoms with van der Waals surface area (Å²) >= 11 is 0. The van der Waals surface area contributed by atoms with Gasteiger partial charge in [0.25, 0.3) is 5.91 Å². The lowest BCUT2D eigenvalue weighted by Crippen LogP contribution is -2.45. The molecule has 1 aliphatic heterocycles. The highest BCUT2D eigenvalue weighted by molar-refractivity contribution is 6.02. The first-order chi connectivity index (χ1) is 11.5. The van der Waals surface area contributed by atoms with E-state index >= 15 is 0 Å². The number of carbonyl (C=O) groups is 2. The van der Waals surface area contributed by atoms with Crippen LogP contribution in [0.2, 0.25) is 0 Å². The van der Waals surface area contributed by atoms with Gasteiger partial charge in [0.2, 0.25) is 5.91 Å². The molecule has 1 aromatic carbocycles. The molecule has 1 N–H and O–H groups in total. The maximum absolute atomic E-state index is 12.2. The first-order valence-electron chi connectivity index (χ1n) is 8.58. The van der Waals surface area contributed by atoms with E-state index in [4.69, 9.17) is 4.74 Å². The second kappa shape index (κ2) is 8.68. The third-order valence-electron chi connectivity index (χ3n) is 4.23. The Morgan fingerprint density at radius 1 is 1.33 bits per heavy atom. The van der Waals surface area contributed by atoms with Gasteiger partial charge in [-0.1, -0.05) is 19.9 Å². The SMILES string of the molecule is CCN(CC)CCCNC(=O)CN1C(=O)COc2ccc(C)cc21. The molecule has 24 heavy (non-hydrogen) atoms. The summed E-state index contributed by atoms with van der Waals surface area (Å²) in [6, 6.07) is 5.65. The van der Waals surface area contributed by atoms with Gasteiger partial charge in [-0.25, -0.2) is 0 Å². The predicted molar refractivity (Wildman–Crippen MR) is 94.4 cm³/mol. The summed E-state index contributed by atoms with van der Waals surface area (Å²) in [5, 5.41) is 2.90. The lowest BCUT2D eigenvalue weighted by atomic mass is 10.1. The van der Waals surface area contributed by atoms with Gasteiger partial charge in [-0.2, -0.15) is 0 Å². The molecule has 0 radical (unpaired) electrons. The molecule has 0 aliphatic carbocycles. The molecule has 0 saturated heterocycles. The maximum Gasteiger partial charge on any atom is 0.265 e. The number of aryl methyl sites for hydroxylation is 1. The first-order valence-corrected chi connectivity index (χ1v) is 8.58. The molecular weight excluding hydrogens is 306 g/mol. The second-order valence-corrected chi connectivity index (χ2v) is 5.97. The van der Waals surface area contributed by atoms with Gasteiger partial charge in [-0.05, 0) is 50.7 Å². The highest BCUT2D eigenvalue weighted by atomic mass is 16.5. The highest BCUT2D eigenvalue weighted by Gasteiger charge is 2.27. The summed E-state index contributed by atoms with van der Waals surface area (Å²) in [6.07, 6.45) is 0.903. The number of fused-ring (bicyclic) bond motifs is 1. The van der Waals surface area contributed by atoms with Crippen molar-refractivity contribution in [2.75, 3.05) is 44.2 Å². The molecular formula is C18H27N3O3. The number of nitrogens with zero attached hydrogens (tertiary/aromatic N) is 2. The molecule has 132 valence electrons. The Hall–Kier alpha value is -2.08. The van der Waals surface area contributed by atoms with E-state index in [9.17, 15) is 9.59 Å². The van der Waals surface area contributed by atoms with Gasteiger partial charge >= 0.3 is 0 Å². The second-order valence-electron chi connectivity index (χ2n) is 5.97. The third-order valence-corrected chi connectivity index (χ3v) is 4.23. The van der Waals surface area contributed by atoms with Crippen LogP contribution in [0.5, 0.6) is 5.75 Å². The minimum atomic E-state index is -0.189. The van der Waals surface area contributed by atoms with Gasteiger partial charge < -0.3 is 15.0 Å². The first kappa shape index (κ1) is 18.3. The average Bonchev–Trinajstić information content (AvgIpc) is 2.58. The summed E-state index contributed by atoms with van der Waals surface area (Å²) in [7, 11) is 0. The van der Waals surface area contributed by atoms with Crippen LogP contribution in [-0.2, 0) is 9.59 Å². The molecule has 0 bridgehead atoms. The molecule has 2 amide bonds. The van der Waals surface area contributed by atoms with Crippen LogP contribution in [0.15, 0.2) is 18.2 Å². The van der Waals surface area contributed by atoms with Crippen molar-refractivity contribution < 1.29 is 14.3 Å². The summed E-state index contributed by atoms with van der Waals surface area (Å²) in [4.78, 5) is 28.1. The number of carbonyl (C=O) groups excluding carboxylic acids is 2. The quantitative estimate of drug-likeness (QED) is 0.734. The molecule has 0 unspecified atom stereocenters. The van der Waals surface area contributed by atoms with Crippen LogP contribution in [0.3, 0.4) is 0 Å². The van der Waals surface area contributed by atoms with E-state index in [0.717, 1.165) is 31.6 Å². The van der Waals surface area contributed by atoms with Crippen LogP contribution in [-0.4, -0.2) is 56.0 Å². The van der Waals surface area contributed by atoms with Crippen molar-refractivity contribution in [3.05, 3.63) is 23.8 Å². The van der Waals surface area contributed by atoms with Crippen LogP contribution in [0.4, 0.5) is 5.69 Å². The van der Waals surface area contributed by atoms with Crippen LogP contribution in [0.25, 0.3) is 0 Å². The Labute approximate surface area is 143 Å². The fraction of sp³-hybridized carbons (Fsp3) is 0.556. The summed E-state index contributed by atoms with van der Waals surface area (Å²) in [5.74, 6) is 0.318. The monoisotopic (exact) mass is 333 g/mol. The summed E-state index contributed by atoms with van der Waals surface area (Å²) < 4.78 is 5.42. The Morgan fingerprint density at radius 2 is 2.08 bits per heavy atom. The Morgan fingerprint density at radius 3 is 2.79 bits per heavy atom. The molecule has 6 heteroatoms. The van der Waals surface area contributed by atoms with E-state index in [0.29, 0.717) is 18.0 Å².